The third-order valence-corrected chi connectivity index (χ3v) is 4.09. The quantitative estimate of drug-likeness (QED) is 0.849. The third kappa shape index (κ3) is 4.57. The molecular formula is C17H15ClF3N3O2. The van der Waals surface area contributed by atoms with Crippen molar-refractivity contribution in [1.29, 1.82) is 0 Å². The molecule has 0 radical (unpaired) electrons. The van der Waals surface area contributed by atoms with Crippen molar-refractivity contribution in [2.45, 2.75) is 18.7 Å². The fourth-order valence-corrected chi connectivity index (χ4v) is 2.79. The van der Waals surface area contributed by atoms with Crippen molar-refractivity contribution in [2.24, 2.45) is 0 Å². The Kier molecular flexibility index (Phi) is 5.22. The van der Waals surface area contributed by atoms with E-state index in [1.807, 2.05) is 0 Å². The molecule has 2 aromatic rings. The Morgan fingerprint density at radius 1 is 1.31 bits per heavy atom. The lowest BCUT2D eigenvalue weighted by molar-refractivity contribution is -0.137. The standard InChI is InChI=1S/C17H15ClF3N3O2/c18-12-2-1-3-13(9-12)23-16(25)24-7-5-14(10-24)26-15-8-11(4-6-22-15)17(19,20)21/h1-4,6,8-9,14H,5,7,10H2,(H,23,25)/t14-/m1/s1. The van der Waals surface area contributed by atoms with Gasteiger partial charge in [-0.1, -0.05) is 17.7 Å². The second-order valence-electron chi connectivity index (χ2n) is 5.80. The van der Waals surface area contributed by atoms with Crippen LogP contribution in [0.5, 0.6) is 5.88 Å². The molecule has 2 heterocycles. The SMILES string of the molecule is O=C(Nc1cccc(Cl)c1)N1CC[C@@H](Oc2cc(C(F)(F)F)ccn2)C1. The van der Waals surface area contributed by atoms with Crippen LogP contribution >= 0.6 is 11.6 Å². The Balaban J connectivity index is 1.58. The molecule has 0 saturated carbocycles. The van der Waals surface area contributed by atoms with E-state index in [2.05, 4.69) is 10.3 Å². The highest BCUT2D eigenvalue weighted by molar-refractivity contribution is 6.30. The van der Waals surface area contributed by atoms with Gasteiger partial charge in [0.15, 0.2) is 0 Å². The summed E-state index contributed by atoms with van der Waals surface area (Å²) in [5.74, 6) is -0.109. The van der Waals surface area contributed by atoms with Gasteiger partial charge in [-0.2, -0.15) is 13.2 Å². The molecule has 1 fully saturated rings. The molecule has 138 valence electrons. The van der Waals surface area contributed by atoms with Crippen LogP contribution in [0.15, 0.2) is 42.6 Å². The predicted octanol–water partition coefficient (Wildman–Crippen LogP) is 4.44. The van der Waals surface area contributed by atoms with Crippen LogP contribution in [0.3, 0.4) is 0 Å². The maximum atomic E-state index is 12.7. The van der Waals surface area contributed by atoms with Gasteiger partial charge in [-0.3, -0.25) is 0 Å². The van der Waals surface area contributed by atoms with Crippen molar-refractivity contribution in [2.75, 3.05) is 18.4 Å². The van der Waals surface area contributed by atoms with Gasteiger partial charge in [-0.15, -0.1) is 0 Å². The number of hydrogen-bond donors (Lipinski definition) is 1. The number of nitrogens with one attached hydrogen (secondary N) is 1. The molecule has 1 aromatic heterocycles. The van der Waals surface area contributed by atoms with Gasteiger partial charge >= 0.3 is 12.2 Å². The van der Waals surface area contributed by atoms with Crippen LogP contribution < -0.4 is 10.1 Å². The fraction of sp³-hybridized carbons (Fsp3) is 0.294. The Morgan fingerprint density at radius 3 is 2.85 bits per heavy atom. The topological polar surface area (TPSA) is 54.5 Å². The van der Waals surface area contributed by atoms with Crippen LogP contribution in [0.4, 0.5) is 23.7 Å². The van der Waals surface area contributed by atoms with Gasteiger partial charge in [0.1, 0.15) is 6.10 Å². The molecule has 1 aromatic carbocycles. The van der Waals surface area contributed by atoms with E-state index in [0.717, 1.165) is 18.3 Å². The number of anilines is 1. The number of benzene rings is 1. The van der Waals surface area contributed by atoms with E-state index in [9.17, 15) is 18.0 Å². The largest absolute Gasteiger partial charge is 0.472 e. The molecule has 1 aliphatic heterocycles. The minimum Gasteiger partial charge on any atom is -0.472 e. The zero-order valence-electron chi connectivity index (χ0n) is 13.5. The zero-order chi connectivity index (χ0) is 18.7. The Labute approximate surface area is 152 Å². The van der Waals surface area contributed by atoms with Crippen LogP contribution in [0.25, 0.3) is 0 Å². The number of aromatic nitrogens is 1. The van der Waals surface area contributed by atoms with Gasteiger partial charge in [-0.05, 0) is 24.3 Å². The molecule has 0 spiro atoms. The maximum Gasteiger partial charge on any atom is 0.416 e. The third-order valence-electron chi connectivity index (χ3n) is 3.86. The minimum absolute atomic E-state index is 0.109. The molecule has 5 nitrogen and oxygen atoms in total. The van der Waals surface area contributed by atoms with E-state index < -0.39 is 17.8 Å². The number of ether oxygens (including phenoxy) is 1. The van der Waals surface area contributed by atoms with Crippen LogP contribution in [0.1, 0.15) is 12.0 Å². The summed E-state index contributed by atoms with van der Waals surface area (Å²) in [6.45, 7) is 0.681. The molecule has 1 saturated heterocycles. The number of amides is 2. The molecule has 2 amide bonds. The van der Waals surface area contributed by atoms with E-state index in [-0.39, 0.29) is 18.5 Å². The van der Waals surface area contributed by atoms with Crippen molar-refractivity contribution < 1.29 is 22.7 Å². The average Bonchev–Trinajstić information content (AvgIpc) is 3.03. The van der Waals surface area contributed by atoms with Crippen LogP contribution in [-0.2, 0) is 6.18 Å². The number of rotatable bonds is 3. The smallest absolute Gasteiger partial charge is 0.416 e. The monoisotopic (exact) mass is 385 g/mol. The summed E-state index contributed by atoms with van der Waals surface area (Å²) >= 11 is 5.87. The van der Waals surface area contributed by atoms with Gasteiger partial charge in [0, 0.05) is 35.9 Å². The molecule has 0 bridgehead atoms. The molecule has 1 N–H and O–H groups in total. The number of carbonyl (C=O) groups is 1. The fourth-order valence-electron chi connectivity index (χ4n) is 2.60. The van der Waals surface area contributed by atoms with Gasteiger partial charge in [-0.25, -0.2) is 9.78 Å². The molecule has 3 rings (SSSR count). The molecule has 1 aliphatic rings. The van der Waals surface area contributed by atoms with Crippen molar-refractivity contribution in [1.82, 2.24) is 9.88 Å². The number of hydrogen-bond acceptors (Lipinski definition) is 3. The summed E-state index contributed by atoms with van der Waals surface area (Å²) in [4.78, 5) is 17.6. The summed E-state index contributed by atoms with van der Waals surface area (Å²) in [5.41, 5.74) is -0.262. The van der Waals surface area contributed by atoms with Crippen molar-refractivity contribution >= 4 is 23.3 Å². The number of pyridine rings is 1. The number of halogens is 4. The molecule has 9 heteroatoms. The Morgan fingerprint density at radius 2 is 2.12 bits per heavy atom. The predicted molar refractivity (Wildman–Crippen MR) is 90.3 cm³/mol. The summed E-state index contributed by atoms with van der Waals surface area (Å²) < 4.78 is 43.7. The summed E-state index contributed by atoms with van der Waals surface area (Å²) in [6, 6.07) is 8.15. The van der Waals surface area contributed by atoms with E-state index in [1.165, 1.54) is 4.90 Å². The van der Waals surface area contributed by atoms with Gasteiger partial charge in [0.05, 0.1) is 12.1 Å². The van der Waals surface area contributed by atoms with Crippen molar-refractivity contribution in [3.05, 3.63) is 53.2 Å². The maximum absolute atomic E-state index is 12.7. The van der Waals surface area contributed by atoms with Gasteiger partial charge in [0.2, 0.25) is 5.88 Å². The van der Waals surface area contributed by atoms with Gasteiger partial charge in [0.25, 0.3) is 0 Å². The highest BCUT2D eigenvalue weighted by Crippen LogP contribution is 2.31. The highest BCUT2D eigenvalue weighted by atomic mass is 35.5. The van der Waals surface area contributed by atoms with Gasteiger partial charge < -0.3 is 15.0 Å². The lowest BCUT2D eigenvalue weighted by atomic mass is 10.2. The van der Waals surface area contributed by atoms with E-state index in [1.54, 1.807) is 24.3 Å². The van der Waals surface area contributed by atoms with Crippen molar-refractivity contribution in [3.8, 4) is 5.88 Å². The van der Waals surface area contributed by atoms with E-state index >= 15 is 0 Å². The first kappa shape index (κ1) is 18.3. The summed E-state index contributed by atoms with van der Waals surface area (Å²) in [5, 5.41) is 3.22. The molecule has 1 atom stereocenters. The normalized spacial score (nSPS) is 17.2. The summed E-state index contributed by atoms with van der Waals surface area (Å²) in [6.07, 6.45) is -3.33. The van der Waals surface area contributed by atoms with E-state index in [4.69, 9.17) is 16.3 Å². The number of alkyl halides is 3. The zero-order valence-corrected chi connectivity index (χ0v) is 14.2. The minimum atomic E-state index is -4.46. The molecule has 0 aliphatic carbocycles. The van der Waals surface area contributed by atoms with E-state index in [0.29, 0.717) is 23.7 Å². The first-order chi connectivity index (χ1) is 12.3. The second-order valence-corrected chi connectivity index (χ2v) is 6.23. The summed E-state index contributed by atoms with van der Waals surface area (Å²) in [7, 11) is 0. The van der Waals surface area contributed by atoms with Crippen LogP contribution in [0, 0.1) is 0 Å². The van der Waals surface area contributed by atoms with Crippen LogP contribution in [0.2, 0.25) is 5.02 Å². The lowest BCUT2D eigenvalue weighted by Crippen LogP contribution is -2.34. The highest BCUT2D eigenvalue weighted by Gasteiger charge is 2.32. The second kappa shape index (κ2) is 7.41. The molecule has 26 heavy (non-hydrogen) atoms. The first-order valence-electron chi connectivity index (χ1n) is 7.82. The van der Waals surface area contributed by atoms with Crippen LogP contribution in [-0.4, -0.2) is 35.1 Å². The number of urea groups is 1. The lowest BCUT2D eigenvalue weighted by Gasteiger charge is -2.18. The molecule has 0 unspecified atom stereocenters. The first-order valence-corrected chi connectivity index (χ1v) is 8.20. The number of nitrogens with zero attached hydrogens (tertiary/aromatic N) is 2. The van der Waals surface area contributed by atoms with Crippen molar-refractivity contribution in [3.63, 3.8) is 0 Å². The Bertz CT molecular complexity index is 801. The molecular weight excluding hydrogens is 371 g/mol. The average molecular weight is 386 g/mol. The number of carbonyl (C=O) groups excluding carboxylic acids is 1. The number of likely N-dealkylation sites (tertiary alicyclic amines) is 1. The Hall–Kier alpha value is -2.48.